The lowest BCUT2D eigenvalue weighted by atomic mass is 10.2. The second-order valence-electron chi connectivity index (χ2n) is 4.83. The lowest BCUT2D eigenvalue weighted by molar-refractivity contribution is -0.143. The number of nitrogens with two attached hydrogens (primary N) is 1. The standard InChI is InChI=1S/C11H19N3O6/c1-11(2,3)20-10(19)14(6-9(17)18)8(16)5-13-7(15)4-12/h4-6,12H2,1-3H3,(H,13,15)(H,17,18). The minimum Gasteiger partial charge on any atom is -0.480 e. The Morgan fingerprint density at radius 2 is 1.80 bits per heavy atom. The molecule has 0 saturated heterocycles. The van der Waals surface area contributed by atoms with Gasteiger partial charge >= 0.3 is 12.1 Å². The largest absolute Gasteiger partial charge is 0.480 e. The molecule has 20 heavy (non-hydrogen) atoms. The first kappa shape index (κ1) is 17.8. The molecule has 114 valence electrons. The van der Waals surface area contributed by atoms with E-state index in [1.54, 1.807) is 20.8 Å². The van der Waals surface area contributed by atoms with Crippen LogP contribution in [-0.2, 0) is 19.1 Å². The average Bonchev–Trinajstić information content (AvgIpc) is 2.29. The highest BCUT2D eigenvalue weighted by atomic mass is 16.6. The summed E-state index contributed by atoms with van der Waals surface area (Å²) in [6.07, 6.45) is -1.09. The molecular formula is C11H19N3O6. The van der Waals surface area contributed by atoms with E-state index in [0.717, 1.165) is 0 Å². The van der Waals surface area contributed by atoms with Crippen molar-refractivity contribution in [3.8, 4) is 0 Å². The van der Waals surface area contributed by atoms with Gasteiger partial charge in [0.25, 0.3) is 5.91 Å². The van der Waals surface area contributed by atoms with Crippen LogP contribution in [0.2, 0.25) is 0 Å². The first-order valence-electron chi connectivity index (χ1n) is 5.78. The Kier molecular flexibility index (Phi) is 6.63. The maximum Gasteiger partial charge on any atom is 0.417 e. The van der Waals surface area contributed by atoms with Crippen molar-refractivity contribution in [2.45, 2.75) is 26.4 Å². The Hall–Kier alpha value is -2.16. The molecule has 0 radical (unpaired) electrons. The van der Waals surface area contributed by atoms with Gasteiger partial charge in [0.05, 0.1) is 13.1 Å². The molecule has 0 rings (SSSR count). The van der Waals surface area contributed by atoms with Crippen molar-refractivity contribution in [1.29, 1.82) is 0 Å². The summed E-state index contributed by atoms with van der Waals surface area (Å²) >= 11 is 0. The molecule has 9 nitrogen and oxygen atoms in total. The van der Waals surface area contributed by atoms with Crippen LogP contribution in [0.1, 0.15) is 20.8 Å². The minimum atomic E-state index is -1.38. The van der Waals surface area contributed by atoms with Gasteiger partial charge in [-0.15, -0.1) is 0 Å². The minimum absolute atomic E-state index is 0.321. The molecule has 0 aliphatic carbocycles. The Bertz CT molecular complexity index is 401. The Labute approximate surface area is 116 Å². The summed E-state index contributed by atoms with van der Waals surface area (Å²) in [6, 6.07) is 0. The topological polar surface area (TPSA) is 139 Å². The Morgan fingerprint density at radius 3 is 2.20 bits per heavy atom. The average molecular weight is 289 g/mol. The quantitative estimate of drug-likeness (QED) is 0.584. The van der Waals surface area contributed by atoms with Crippen molar-refractivity contribution in [3.05, 3.63) is 0 Å². The van der Waals surface area contributed by atoms with Gasteiger partial charge in [-0.05, 0) is 20.8 Å². The number of ether oxygens (including phenoxy) is 1. The lowest BCUT2D eigenvalue weighted by Crippen LogP contribution is -2.48. The third-order valence-electron chi connectivity index (χ3n) is 1.83. The van der Waals surface area contributed by atoms with Crippen molar-refractivity contribution in [3.63, 3.8) is 0 Å². The highest BCUT2D eigenvalue weighted by Gasteiger charge is 2.28. The fraction of sp³-hybridized carbons (Fsp3) is 0.636. The van der Waals surface area contributed by atoms with Gasteiger partial charge in [0.2, 0.25) is 5.91 Å². The summed E-state index contributed by atoms with van der Waals surface area (Å²) < 4.78 is 4.92. The summed E-state index contributed by atoms with van der Waals surface area (Å²) in [5.41, 5.74) is 4.16. The van der Waals surface area contributed by atoms with Crippen LogP contribution < -0.4 is 11.1 Å². The molecule has 0 heterocycles. The van der Waals surface area contributed by atoms with Gasteiger partial charge in [0.15, 0.2) is 0 Å². The molecule has 9 heteroatoms. The molecule has 0 aromatic carbocycles. The molecule has 0 bridgehead atoms. The zero-order valence-corrected chi connectivity index (χ0v) is 11.6. The van der Waals surface area contributed by atoms with Crippen molar-refractivity contribution < 1.29 is 29.0 Å². The van der Waals surface area contributed by atoms with Gasteiger partial charge in [-0.3, -0.25) is 14.4 Å². The third-order valence-corrected chi connectivity index (χ3v) is 1.83. The maximum absolute atomic E-state index is 11.7. The van der Waals surface area contributed by atoms with E-state index in [1.807, 2.05) is 0 Å². The van der Waals surface area contributed by atoms with Crippen molar-refractivity contribution in [2.75, 3.05) is 19.6 Å². The van der Waals surface area contributed by atoms with Gasteiger partial charge in [0, 0.05) is 0 Å². The maximum atomic E-state index is 11.7. The molecule has 0 fully saturated rings. The molecule has 4 N–H and O–H groups in total. The van der Waals surface area contributed by atoms with Gasteiger partial charge in [-0.2, -0.15) is 0 Å². The zero-order chi connectivity index (χ0) is 15.9. The normalized spacial score (nSPS) is 10.6. The van der Waals surface area contributed by atoms with E-state index < -0.39 is 42.6 Å². The van der Waals surface area contributed by atoms with E-state index in [1.165, 1.54) is 0 Å². The second-order valence-corrected chi connectivity index (χ2v) is 4.83. The van der Waals surface area contributed by atoms with Crippen LogP contribution in [0.5, 0.6) is 0 Å². The molecule has 0 aromatic heterocycles. The Balaban J connectivity index is 4.78. The van der Waals surface area contributed by atoms with E-state index >= 15 is 0 Å². The SMILES string of the molecule is CC(C)(C)OC(=O)N(CC(=O)O)C(=O)CNC(=O)CN. The molecule has 3 amide bonds. The molecule has 0 aromatic rings. The van der Waals surface area contributed by atoms with E-state index in [2.05, 4.69) is 5.32 Å². The van der Waals surface area contributed by atoms with E-state index in [0.29, 0.717) is 4.90 Å². The predicted octanol–water partition coefficient (Wildman–Crippen LogP) is -1.09. The first-order valence-corrected chi connectivity index (χ1v) is 5.78. The number of nitrogens with zero attached hydrogens (tertiary/aromatic N) is 1. The molecule has 0 aliphatic heterocycles. The Morgan fingerprint density at radius 1 is 1.25 bits per heavy atom. The van der Waals surface area contributed by atoms with Crippen molar-refractivity contribution in [2.24, 2.45) is 5.73 Å². The number of imide groups is 1. The number of carbonyl (C=O) groups is 4. The van der Waals surface area contributed by atoms with Gasteiger partial charge in [-0.1, -0.05) is 0 Å². The van der Waals surface area contributed by atoms with Crippen LogP contribution in [0.3, 0.4) is 0 Å². The van der Waals surface area contributed by atoms with Crippen LogP contribution in [0.25, 0.3) is 0 Å². The number of aliphatic carboxylic acids is 1. The fourth-order valence-electron chi connectivity index (χ4n) is 1.05. The molecule has 0 unspecified atom stereocenters. The van der Waals surface area contributed by atoms with Crippen LogP contribution in [0, 0.1) is 0 Å². The smallest absolute Gasteiger partial charge is 0.417 e. The lowest BCUT2D eigenvalue weighted by Gasteiger charge is -2.25. The van der Waals surface area contributed by atoms with Crippen LogP contribution in [-0.4, -0.2) is 59.1 Å². The number of nitrogens with one attached hydrogen (secondary N) is 1. The molecule has 0 aliphatic rings. The number of rotatable bonds is 5. The summed E-state index contributed by atoms with van der Waals surface area (Å²) in [7, 11) is 0. The van der Waals surface area contributed by atoms with Gasteiger partial charge in [-0.25, -0.2) is 9.69 Å². The highest BCUT2D eigenvalue weighted by molar-refractivity contribution is 5.97. The number of carboxylic acids is 1. The molecule has 0 atom stereocenters. The summed E-state index contributed by atoms with van der Waals surface area (Å²) in [5, 5.41) is 10.8. The highest BCUT2D eigenvalue weighted by Crippen LogP contribution is 2.10. The number of carbonyl (C=O) groups excluding carboxylic acids is 3. The van der Waals surface area contributed by atoms with Crippen molar-refractivity contribution in [1.82, 2.24) is 10.2 Å². The fourth-order valence-corrected chi connectivity index (χ4v) is 1.05. The van der Waals surface area contributed by atoms with Crippen molar-refractivity contribution >= 4 is 23.9 Å². The summed E-state index contributed by atoms with van der Waals surface area (Å²) in [5.74, 6) is -2.88. The van der Waals surface area contributed by atoms with Gasteiger partial charge < -0.3 is 20.9 Å². The third kappa shape index (κ3) is 7.31. The monoisotopic (exact) mass is 289 g/mol. The number of amides is 3. The summed E-state index contributed by atoms with van der Waals surface area (Å²) in [4.78, 5) is 45.5. The predicted molar refractivity (Wildman–Crippen MR) is 67.6 cm³/mol. The van der Waals surface area contributed by atoms with Crippen LogP contribution in [0.15, 0.2) is 0 Å². The van der Waals surface area contributed by atoms with E-state index in [-0.39, 0.29) is 6.54 Å². The molecular weight excluding hydrogens is 270 g/mol. The number of hydrogen-bond donors (Lipinski definition) is 3. The second kappa shape index (κ2) is 7.43. The number of hydrogen-bond acceptors (Lipinski definition) is 6. The van der Waals surface area contributed by atoms with Crippen LogP contribution in [0.4, 0.5) is 4.79 Å². The molecule has 0 spiro atoms. The molecule has 0 saturated carbocycles. The summed E-state index contributed by atoms with van der Waals surface area (Å²) in [6.45, 7) is 3.01. The first-order chi connectivity index (χ1) is 9.06. The van der Waals surface area contributed by atoms with Crippen LogP contribution >= 0.6 is 0 Å². The van der Waals surface area contributed by atoms with Gasteiger partial charge in [0.1, 0.15) is 12.1 Å². The number of carboxylic acid groups (broad SMARTS) is 1. The zero-order valence-electron chi connectivity index (χ0n) is 11.6. The van der Waals surface area contributed by atoms with E-state index in [9.17, 15) is 19.2 Å². The van der Waals surface area contributed by atoms with E-state index in [4.69, 9.17) is 15.6 Å².